The Morgan fingerprint density at radius 2 is 1.61 bits per heavy atom. The molecule has 2 aromatic carbocycles. The van der Waals surface area contributed by atoms with Crippen LogP contribution in [0.15, 0.2) is 53.4 Å². The third kappa shape index (κ3) is 3.97. The molecule has 0 spiro atoms. The quantitative estimate of drug-likeness (QED) is 0.885. The van der Waals surface area contributed by atoms with Crippen LogP contribution in [0, 0.1) is 6.92 Å². The fourth-order valence-corrected chi connectivity index (χ4v) is 3.42. The predicted molar refractivity (Wildman–Crippen MR) is 88.9 cm³/mol. The van der Waals surface area contributed by atoms with Crippen molar-refractivity contribution in [2.45, 2.75) is 30.7 Å². The van der Waals surface area contributed by atoms with Crippen LogP contribution in [0.5, 0.6) is 0 Å². The monoisotopic (exact) mass is 330 g/mol. The van der Waals surface area contributed by atoms with Crippen molar-refractivity contribution in [1.82, 2.24) is 4.72 Å². The largest absolute Gasteiger partial charge is 0.322 e. The Bertz CT molecular complexity index is 808. The van der Waals surface area contributed by atoms with Crippen molar-refractivity contribution < 1.29 is 13.2 Å². The molecule has 0 aromatic heterocycles. The lowest BCUT2D eigenvalue weighted by molar-refractivity contribution is 0.102. The number of rotatable bonds is 5. The van der Waals surface area contributed by atoms with Gasteiger partial charge in [0.05, 0.1) is 4.90 Å². The fraction of sp³-hybridized carbons (Fsp3) is 0.235. The molecule has 2 aromatic rings. The summed E-state index contributed by atoms with van der Waals surface area (Å²) >= 11 is 0. The number of benzene rings is 2. The molecule has 6 heteroatoms. The molecule has 5 nitrogen and oxygen atoms in total. The summed E-state index contributed by atoms with van der Waals surface area (Å²) in [6.07, 6.45) is 1.77. The van der Waals surface area contributed by atoms with E-state index in [1.54, 1.807) is 0 Å². The maximum absolute atomic E-state index is 12.2. The van der Waals surface area contributed by atoms with Crippen LogP contribution in [0.1, 0.15) is 28.8 Å². The van der Waals surface area contributed by atoms with Crippen molar-refractivity contribution in [3.63, 3.8) is 0 Å². The van der Waals surface area contributed by atoms with Crippen LogP contribution in [0.2, 0.25) is 0 Å². The number of carbonyl (C=O) groups excluding carboxylic acids is 1. The van der Waals surface area contributed by atoms with Crippen LogP contribution in [0.25, 0.3) is 0 Å². The van der Waals surface area contributed by atoms with Gasteiger partial charge < -0.3 is 5.32 Å². The first kappa shape index (κ1) is 15.7. The van der Waals surface area contributed by atoms with Gasteiger partial charge in [-0.05, 0) is 56.2 Å². The number of sulfonamides is 1. The number of hydrogen-bond acceptors (Lipinski definition) is 3. The van der Waals surface area contributed by atoms with Crippen molar-refractivity contribution in [3.8, 4) is 0 Å². The van der Waals surface area contributed by atoms with E-state index in [1.807, 2.05) is 31.2 Å². The molecule has 120 valence electrons. The molecule has 0 saturated heterocycles. The first-order valence-corrected chi connectivity index (χ1v) is 8.93. The number of amides is 1. The van der Waals surface area contributed by atoms with Gasteiger partial charge in [-0.2, -0.15) is 0 Å². The Kier molecular flexibility index (Phi) is 4.19. The highest BCUT2D eigenvalue weighted by Crippen LogP contribution is 2.22. The second kappa shape index (κ2) is 6.14. The van der Waals surface area contributed by atoms with Crippen LogP contribution < -0.4 is 10.0 Å². The smallest absolute Gasteiger partial charge is 0.255 e. The topological polar surface area (TPSA) is 75.3 Å². The molecular weight excluding hydrogens is 312 g/mol. The second-order valence-corrected chi connectivity index (χ2v) is 7.45. The molecule has 1 aliphatic carbocycles. The Morgan fingerprint density at radius 1 is 1.00 bits per heavy atom. The van der Waals surface area contributed by atoms with Gasteiger partial charge >= 0.3 is 0 Å². The molecule has 0 bridgehead atoms. The normalized spacial score (nSPS) is 14.5. The third-order valence-corrected chi connectivity index (χ3v) is 5.17. The lowest BCUT2D eigenvalue weighted by Crippen LogP contribution is -2.25. The Balaban J connectivity index is 1.71. The van der Waals surface area contributed by atoms with Crippen LogP contribution >= 0.6 is 0 Å². The minimum absolute atomic E-state index is 0.0597. The van der Waals surface area contributed by atoms with Gasteiger partial charge in [-0.15, -0.1) is 0 Å². The van der Waals surface area contributed by atoms with E-state index in [4.69, 9.17) is 0 Å². The molecule has 1 aliphatic rings. The number of aryl methyl sites for hydroxylation is 1. The van der Waals surface area contributed by atoms with E-state index >= 15 is 0 Å². The summed E-state index contributed by atoms with van der Waals surface area (Å²) in [6, 6.07) is 13.5. The summed E-state index contributed by atoms with van der Waals surface area (Å²) in [5.74, 6) is -0.270. The first-order valence-electron chi connectivity index (χ1n) is 7.44. The van der Waals surface area contributed by atoms with Gasteiger partial charge in [0.2, 0.25) is 10.0 Å². The molecule has 1 fully saturated rings. The average molecular weight is 330 g/mol. The van der Waals surface area contributed by atoms with Crippen molar-refractivity contribution in [2.75, 3.05) is 5.32 Å². The van der Waals surface area contributed by atoms with Crippen molar-refractivity contribution in [2.24, 2.45) is 0 Å². The zero-order chi connectivity index (χ0) is 16.4. The molecule has 0 atom stereocenters. The molecule has 1 saturated carbocycles. The maximum atomic E-state index is 12.2. The van der Waals surface area contributed by atoms with E-state index in [0.717, 1.165) is 18.4 Å². The third-order valence-electron chi connectivity index (χ3n) is 3.64. The summed E-state index contributed by atoms with van der Waals surface area (Å²) < 4.78 is 26.8. The number of carbonyl (C=O) groups is 1. The van der Waals surface area contributed by atoms with E-state index in [9.17, 15) is 13.2 Å². The van der Waals surface area contributed by atoms with E-state index in [1.165, 1.54) is 24.3 Å². The Labute approximate surface area is 135 Å². The van der Waals surface area contributed by atoms with Gasteiger partial charge in [0.15, 0.2) is 0 Å². The van der Waals surface area contributed by atoms with Gasteiger partial charge in [-0.25, -0.2) is 13.1 Å². The molecular formula is C17H18N2O3S. The van der Waals surface area contributed by atoms with Crippen LogP contribution in [0.4, 0.5) is 5.69 Å². The minimum atomic E-state index is -3.48. The molecule has 0 aliphatic heterocycles. The van der Waals surface area contributed by atoms with Crippen LogP contribution in [-0.4, -0.2) is 20.4 Å². The number of anilines is 1. The van der Waals surface area contributed by atoms with Crippen molar-refractivity contribution in [1.29, 1.82) is 0 Å². The fourth-order valence-electron chi connectivity index (χ4n) is 2.11. The lowest BCUT2D eigenvalue weighted by Gasteiger charge is -2.08. The Hall–Kier alpha value is -2.18. The maximum Gasteiger partial charge on any atom is 0.255 e. The SMILES string of the molecule is Cc1ccc(NC(=O)c2ccc(S(=O)(=O)NC3CC3)cc2)cc1. The van der Waals surface area contributed by atoms with Gasteiger partial charge in [0, 0.05) is 17.3 Å². The lowest BCUT2D eigenvalue weighted by atomic mass is 10.2. The van der Waals surface area contributed by atoms with Crippen LogP contribution in [-0.2, 0) is 10.0 Å². The highest BCUT2D eigenvalue weighted by atomic mass is 32.2. The summed E-state index contributed by atoms with van der Waals surface area (Å²) in [5, 5.41) is 2.78. The van der Waals surface area contributed by atoms with Crippen molar-refractivity contribution >= 4 is 21.6 Å². The zero-order valence-electron chi connectivity index (χ0n) is 12.7. The van der Waals surface area contributed by atoms with E-state index in [0.29, 0.717) is 11.3 Å². The average Bonchev–Trinajstić information content (AvgIpc) is 3.33. The zero-order valence-corrected chi connectivity index (χ0v) is 13.6. The molecule has 1 amide bonds. The second-order valence-electron chi connectivity index (χ2n) is 5.74. The van der Waals surface area contributed by atoms with Gasteiger partial charge in [0.1, 0.15) is 0 Å². The molecule has 0 heterocycles. The molecule has 3 rings (SSSR count). The highest BCUT2D eigenvalue weighted by molar-refractivity contribution is 7.89. The molecule has 23 heavy (non-hydrogen) atoms. The minimum Gasteiger partial charge on any atom is -0.322 e. The summed E-state index contributed by atoms with van der Waals surface area (Å²) in [6.45, 7) is 1.97. The number of hydrogen-bond donors (Lipinski definition) is 2. The number of nitrogens with one attached hydrogen (secondary N) is 2. The van der Waals surface area contributed by atoms with Gasteiger partial charge in [-0.1, -0.05) is 17.7 Å². The van der Waals surface area contributed by atoms with E-state index in [2.05, 4.69) is 10.0 Å². The van der Waals surface area contributed by atoms with Gasteiger partial charge in [0.25, 0.3) is 5.91 Å². The van der Waals surface area contributed by atoms with Gasteiger partial charge in [-0.3, -0.25) is 4.79 Å². The predicted octanol–water partition coefficient (Wildman–Crippen LogP) is 2.69. The Morgan fingerprint density at radius 3 is 2.17 bits per heavy atom. The van der Waals surface area contributed by atoms with E-state index in [-0.39, 0.29) is 16.8 Å². The highest BCUT2D eigenvalue weighted by Gasteiger charge is 2.27. The van der Waals surface area contributed by atoms with Crippen LogP contribution in [0.3, 0.4) is 0 Å². The van der Waals surface area contributed by atoms with Crippen molar-refractivity contribution in [3.05, 3.63) is 59.7 Å². The molecule has 0 unspecified atom stereocenters. The first-order chi connectivity index (χ1) is 10.9. The summed E-state index contributed by atoms with van der Waals surface area (Å²) in [4.78, 5) is 12.3. The standard InChI is InChI=1S/C17H18N2O3S/c1-12-2-6-14(7-3-12)18-17(20)13-4-10-16(11-5-13)23(21,22)19-15-8-9-15/h2-7,10-11,15,19H,8-9H2,1H3,(H,18,20). The van der Waals surface area contributed by atoms with E-state index < -0.39 is 10.0 Å². The summed E-state index contributed by atoms with van der Waals surface area (Å²) in [7, 11) is -3.48. The summed E-state index contributed by atoms with van der Waals surface area (Å²) in [5.41, 5.74) is 2.23. The molecule has 2 N–H and O–H groups in total. The molecule has 0 radical (unpaired) electrons.